The number of nitrogens with zero attached hydrogens (tertiary/aromatic N) is 3. The fourth-order valence-corrected chi connectivity index (χ4v) is 5.67. The van der Waals surface area contributed by atoms with E-state index in [4.69, 9.17) is 4.74 Å². The third-order valence-corrected chi connectivity index (χ3v) is 8.36. The van der Waals surface area contributed by atoms with Crippen LogP contribution in [0.4, 0.5) is 4.79 Å². The molecule has 4 rings (SSSR count). The number of carbonyl (C=O) groups is 3. The van der Waals surface area contributed by atoms with Gasteiger partial charge in [-0.2, -0.15) is 0 Å². The molecular formula is C31H42N4O4. The molecule has 0 saturated carbocycles. The number of amides is 4. The lowest BCUT2D eigenvalue weighted by molar-refractivity contribution is -0.211. The summed E-state index contributed by atoms with van der Waals surface area (Å²) in [6.07, 6.45) is 3.94. The smallest absolute Gasteiger partial charge is 0.327 e. The van der Waals surface area contributed by atoms with Crippen molar-refractivity contribution in [2.24, 2.45) is 5.41 Å². The van der Waals surface area contributed by atoms with Gasteiger partial charge in [0.1, 0.15) is 6.61 Å². The molecule has 2 aromatic carbocycles. The van der Waals surface area contributed by atoms with Crippen molar-refractivity contribution in [1.29, 1.82) is 0 Å². The van der Waals surface area contributed by atoms with Crippen LogP contribution in [0.15, 0.2) is 60.7 Å². The number of likely N-dealkylation sites (N-methyl/N-ethyl adjacent to an activating group) is 1. The van der Waals surface area contributed by atoms with Gasteiger partial charge in [-0.15, -0.1) is 0 Å². The third-order valence-electron chi connectivity index (χ3n) is 8.36. The molecule has 1 atom stereocenters. The molecule has 2 saturated heterocycles. The van der Waals surface area contributed by atoms with Gasteiger partial charge in [0.2, 0.25) is 11.8 Å². The summed E-state index contributed by atoms with van der Waals surface area (Å²) in [5.41, 5.74) is 0.995. The van der Waals surface area contributed by atoms with Gasteiger partial charge in [0.05, 0.1) is 11.5 Å². The minimum absolute atomic E-state index is 0.153. The Morgan fingerprint density at radius 2 is 1.54 bits per heavy atom. The number of likely N-dealkylation sites (tertiary alicyclic amines) is 2. The van der Waals surface area contributed by atoms with E-state index in [-0.39, 0.29) is 18.4 Å². The zero-order valence-corrected chi connectivity index (χ0v) is 23.5. The second kappa shape index (κ2) is 13.2. The quantitative estimate of drug-likeness (QED) is 0.432. The molecule has 0 aromatic heterocycles. The van der Waals surface area contributed by atoms with E-state index < -0.39 is 23.7 Å². The molecule has 8 nitrogen and oxygen atoms in total. The molecule has 39 heavy (non-hydrogen) atoms. The highest BCUT2D eigenvalue weighted by molar-refractivity contribution is 6.03. The first-order chi connectivity index (χ1) is 18.9. The molecule has 2 fully saturated rings. The first-order valence-corrected chi connectivity index (χ1v) is 14.2. The van der Waals surface area contributed by atoms with Crippen LogP contribution in [-0.2, 0) is 14.3 Å². The average molecular weight is 535 g/mol. The van der Waals surface area contributed by atoms with Gasteiger partial charge in [0, 0.05) is 20.1 Å². The van der Waals surface area contributed by atoms with Gasteiger partial charge < -0.3 is 19.9 Å². The predicted molar refractivity (Wildman–Crippen MR) is 151 cm³/mol. The standard InChI is InChI=1S/C31H42N4O4/c1-4-31(5-2)28(37)35(29(31)39-23-26(36)33(3)21-22-34-19-13-8-14-20-34)30(38)32-27(24-15-9-6-10-16-24)25-17-11-7-12-18-25/h6-7,9-12,15-18,27,29H,4-5,8,13-14,19-23H2,1-3H3,(H,32,38). The zero-order valence-electron chi connectivity index (χ0n) is 23.5. The minimum atomic E-state index is -0.820. The van der Waals surface area contributed by atoms with Crippen molar-refractivity contribution >= 4 is 17.8 Å². The van der Waals surface area contributed by atoms with Crippen LogP contribution in [-0.4, -0.2) is 78.6 Å². The summed E-state index contributed by atoms with van der Waals surface area (Å²) in [5, 5.41) is 3.05. The van der Waals surface area contributed by atoms with E-state index in [1.54, 1.807) is 11.9 Å². The summed E-state index contributed by atoms with van der Waals surface area (Å²) in [7, 11) is 1.78. The fourth-order valence-electron chi connectivity index (χ4n) is 5.67. The van der Waals surface area contributed by atoms with E-state index in [0.717, 1.165) is 35.7 Å². The van der Waals surface area contributed by atoms with Crippen LogP contribution in [0, 0.1) is 5.41 Å². The number of piperidine rings is 1. The summed E-state index contributed by atoms with van der Waals surface area (Å²) >= 11 is 0. The van der Waals surface area contributed by atoms with Gasteiger partial charge in [0.25, 0.3) is 0 Å². The maximum atomic E-state index is 13.6. The lowest BCUT2D eigenvalue weighted by atomic mass is 9.72. The monoisotopic (exact) mass is 534 g/mol. The Hall–Kier alpha value is -3.23. The van der Waals surface area contributed by atoms with E-state index in [1.807, 2.05) is 74.5 Å². The van der Waals surface area contributed by atoms with Crippen molar-refractivity contribution < 1.29 is 19.1 Å². The number of β-lactam (4-membered cyclic amide) rings is 1. The number of hydrogen-bond acceptors (Lipinski definition) is 5. The summed E-state index contributed by atoms with van der Waals surface area (Å²) in [6, 6.07) is 18.4. The third kappa shape index (κ3) is 6.34. The molecule has 1 N–H and O–H groups in total. The van der Waals surface area contributed by atoms with Gasteiger partial charge in [-0.3, -0.25) is 9.59 Å². The Morgan fingerprint density at radius 3 is 2.08 bits per heavy atom. The second-order valence-electron chi connectivity index (χ2n) is 10.6. The number of hydrogen-bond donors (Lipinski definition) is 1. The SMILES string of the molecule is CCC1(CC)C(=O)N(C(=O)NC(c2ccccc2)c2ccccc2)C1OCC(=O)N(C)CCN1CCCCC1. The van der Waals surface area contributed by atoms with Gasteiger partial charge in [-0.1, -0.05) is 80.9 Å². The fraction of sp³-hybridized carbons (Fsp3) is 0.516. The Kier molecular flexibility index (Phi) is 9.75. The van der Waals surface area contributed by atoms with E-state index >= 15 is 0 Å². The summed E-state index contributed by atoms with van der Waals surface area (Å²) in [5.74, 6) is -0.417. The van der Waals surface area contributed by atoms with E-state index in [2.05, 4.69) is 10.2 Å². The maximum Gasteiger partial charge on any atom is 0.327 e. The topological polar surface area (TPSA) is 82.2 Å². The predicted octanol–water partition coefficient (Wildman–Crippen LogP) is 4.42. The van der Waals surface area contributed by atoms with Crippen LogP contribution in [0.3, 0.4) is 0 Å². The molecule has 0 bridgehead atoms. The Bertz CT molecular complexity index is 1060. The molecule has 2 aliphatic rings. The first-order valence-electron chi connectivity index (χ1n) is 14.2. The highest BCUT2D eigenvalue weighted by atomic mass is 16.5. The number of carbonyl (C=O) groups excluding carboxylic acids is 3. The van der Waals surface area contributed by atoms with E-state index in [9.17, 15) is 14.4 Å². The summed E-state index contributed by atoms with van der Waals surface area (Å²) < 4.78 is 6.09. The van der Waals surface area contributed by atoms with Crippen LogP contribution in [0.25, 0.3) is 0 Å². The number of rotatable bonds is 11. The molecule has 8 heteroatoms. The van der Waals surface area contributed by atoms with Crippen LogP contribution >= 0.6 is 0 Å². The second-order valence-corrected chi connectivity index (χ2v) is 10.6. The number of nitrogens with one attached hydrogen (secondary N) is 1. The highest BCUT2D eigenvalue weighted by Crippen LogP contribution is 2.46. The van der Waals surface area contributed by atoms with Crippen molar-refractivity contribution in [2.45, 2.75) is 58.2 Å². The Labute approximate surface area is 232 Å². The number of urea groups is 1. The summed E-state index contributed by atoms with van der Waals surface area (Å²) in [4.78, 5) is 45.1. The lowest BCUT2D eigenvalue weighted by Gasteiger charge is -2.53. The Morgan fingerprint density at radius 1 is 0.974 bits per heavy atom. The zero-order chi connectivity index (χ0) is 27.8. The molecule has 2 heterocycles. The molecular weight excluding hydrogens is 492 g/mol. The lowest BCUT2D eigenvalue weighted by Crippen LogP contribution is -2.72. The molecule has 1 unspecified atom stereocenters. The largest absolute Gasteiger partial charge is 0.347 e. The molecule has 0 radical (unpaired) electrons. The number of ether oxygens (including phenoxy) is 1. The van der Waals surface area contributed by atoms with Crippen LogP contribution < -0.4 is 5.32 Å². The van der Waals surface area contributed by atoms with Crippen LogP contribution in [0.2, 0.25) is 0 Å². The Balaban J connectivity index is 1.44. The van der Waals surface area contributed by atoms with Gasteiger partial charge in [-0.05, 0) is 49.9 Å². The molecule has 0 spiro atoms. The van der Waals surface area contributed by atoms with Crippen molar-refractivity contribution in [3.05, 3.63) is 71.8 Å². The molecule has 4 amide bonds. The van der Waals surface area contributed by atoms with Crippen molar-refractivity contribution in [2.75, 3.05) is 39.8 Å². The van der Waals surface area contributed by atoms with E-state index in [1.165, 1.54) is 19.3 Å². The normalized spacial score (nSPS) is 19.0. The van der Waals surface area contributed by atoms with Gasteiger partial charge in [-0.25, -0.2) is 9.69 Å². The van der Waals surface area contributed by atoms with E-state index in [0.29, 0.717) is 19.4 Å². The highest BCUT2D eigenvalue weighted by Gasteiger charge is 2.62. The van der Waals surface area contributed by atoms with Gasteiger partial charge in [0.15, 0.2) is 6.23 Å². The summed E-state index contributed by atoms with van der Waals surface area (Å²) in [6.45, 7) is 7.29. The first kappa shape index (κ1) is 28.8. The van der Waals surface area contributed by atoms with Gasteiger partial charge >= 0.3 is 6.03 Å². The van der Waals surface area contributed by atoms with Crippen molar-refractivity contribution in [3.63, 3.8) is 0 Å². The number of imide groups is 1. The molecule has 0 aliphatic carbocycles. The van der Waals surface area contributed by atoms with Crippen molar-refractivity contribution in [1.82, 2.24) is 20.0 Å². The van der Waals surface area contributed by atoms with Crippen LogP contribution in [0.5, 0.6) is 0 Å². The average Bonchev–Trinajstić information content (AvgIpc) is 2.98. The minimum Gasteiger partial charge on any atom is -0.347 e. The molecule has 2 aromatic rings. The number of benzene rings is 2. The van der Waals surface area contributed by atoms with Crippen LogP contribution in [0.1, 0.15) is 63.1 Å². The maximum absolute atomic E-state index is 13.6. The molecule has 210 valence electrons. The molecule has 2 aliphatic heterocycles. The van der Waals surface area contributed by atoms with Crippen molar-refractivity contribution in [3.8, 4) is 0 Å².